The Labute approximate surface area is 124 Å². The second-order valence-corrected chi connectivity index (χ2v) is 6.03. The van der Waals surface area contributed by atoms with E-state index in [1.54, 1.807) is 13.8 Å². The van der Waals surface area contributed by atoms with Gasteiger partial charge >= 0.3 is 5.97 Å². The van der Waals surface area contributed by atoms with Gasteiger partial charge in [0.15, 0.2) is 0 Å². The molecular weight excluding hydrogens is 272 g/mol. The van der Waals surface area contributed by atoms with Crippen LogP contribution in [0.5, 0.6) is 0 Å². The minimum Gasteiger partial charge on any atom is -0.478 e. The number of aliphatic hydroxyl groups excluding tert-OH is 1. The van der Waals surface area contributed by atoms with E-state index in [1.165, 1.54) is 12.1 Å². The third-order valence-corrected chi connectivity index (χ3v) is 3.12. The Bertz CT molecular complexity index is 538. The fourth-order valence-electron chi connectivity index (χ4n) is 2.20. The van der Waals surface area contributed by atoms with E-state index in [0.29, 0.717) is 18.7 Å². The van der Waals surface area contributed by atoms with Crippen molar-refractivity contribution in [3.8, 4) is 0 Å². The van der Waals surface area contributed by atoms with Gasteiger partial charge in [0.25, 0.3) is 5.91 Å². The molecule has 0 saturated carbocycles. The number of carbonyl (C=O) groups is 2. The van der Waals surface area contributed by atoms with Crippen LogP contribution in [0.4, 0.5) is 0 Å². The molecule has 1 rings (SSSR count). The zero-order valence-electron chi connectivity index (χ0n) is 12.8. The molecule has 0 radical (unpaired) electrons. The van der Waals surface area contributed by atoms with Crippen molar-refractivity contribution in [2.24, 2.45) is 5.41 Å². The maximum atomic E-state index is 12.0. The second-order valence-electron chi connectivity index (χ2n) is 6.03. The van der Waals surface area contributed by atoms with Crippen LogP contribution in [0.1, 0.15) is 53.7 Å². The molecule has 0 aliphatic heterocycles. The lowest BCUT2D eigenvalue weighted by Crippen LogP contribution is -2.36. The van der Waals surface area contributed by atoms with Crippen LogP contribution in [-0.2, 0) is 0 Å². The minimum atomic E-state index is -1.06. The van der Waals surface area contributed by atoms with Gasteiger partial charge in [-0.05, 0) is 37.8 Å². The Morgan fingerprint density at radius 1 is 1.38 bits per heavy atom. The van der Waals surface area contributed by atoms with Crippen LogP contribution < -0.4 is 5.32 Å². The number of aryl methyl sites for hydroxylation is 1. The largest absolute Gasteiger partial charge is 0.478 e. The lowest BCUT2D eigenvalue weighted by molar-refractivity contribution is 0.0694. The first-order valence-corrected chi connectivity index (χ1v) is 6.79. The third-order valence-electron chi connectivity index (χ3n) is 3.12. The smallest absolute Gasteiger partial charge is 0.337 e. The van der Waals surface area contributed by atoms with Crippen LogP contribution >= 0.6 is 0 Å². The van der Waals surface area contributed by atoms with Crippen molar-refractivity contribution in [1.82, 2.24) is 10.3 Å². The quantitative estimate of drug-likeness (QED) is 0.740. The number of carboxylic acid groups (broad SMARTS) is 1. The highest BCUT2D eigenvalue weighted by Gasteiger charge is 2.22. The molecule has 0 aliphatic rings. The summed E-state index contributed by atoms with van der Waals surface area (Å²) in [5.41, 5.74) is 0.338. The van der Waals surface area contributed by atoms with Crippen molar-refractivity contribution in [3.05, 3.63) is 29.1 Å². The van der Waals surface area contributed by atoms with Gasteiger partial charge in [-0.3, -0.25) is 4.79 Å². The van der Waals surface area contributed by atoms with Gasteiger partial charge in [0, 0.05) is 6.54 Å². The maximum Gasteiger partial charge on any atom is 0.337 e. The van der Waals surface area contributed by atoms with Crippen molar-refractivity contribution < 1.29 is 19.8 Å². The standard InChI is InChI=1S/C15H22N2O4/c1-9(18)7-15(3,4)8-16-13(19)12-6-5-11(14(20)21)10(2)17-12/h5-6,9,18H,7-8H2,1-4H3,(H,16,19)(H,20,21). The summed E-state index contributed by atoms with van der Waals surface area (Å²) in [5, 5.41) is 21.1. The number of rotatable bonds is 6. The Hall–Kier alpha value is -1.95. The SMILES string of the molecule is Cc1nc(C(=O)NCC(C)(C)CC(C)O)ccc1C(=O)O. The van der Waals surface area contributed by atoms with Crippen LogP contribution in [0.3, 0.4) is 0 Å². The van der Waals surface area contributed by atoms with Gasteiger partial charge in [-0.1, -0.05) is 13.8 Å². The zero-order chi connectivity index (χ0) is 16.2. The summed E-state index contributed by atoms with van der Waals surface area (Å²) in [5.74, 6) is -1.42. The number of pyridine rings is 1. The number of hydrogen-bond acceptors (Lipinski definition) is 4. The van der Waals surface area contributed by atoms with Crippen LogP contribution in [0.25, 0.3) is 0 Å². The highest BCUT2D eigenvalue weighted by molar-refractivity contribution is 5.94. The van der Waals surface area contributed by atoms with Crippen LogP contribution in [-0.4, -0.2) is 39.7 Å². The summed E-state index contributed by atoms with van der Waals surface area (Å²) in [6, 6.07) is 2.77. The maximum absolute atomic E-state index is 12.0. The van der Waals surface area contributed by atoms with Gasteiger partial charge in [-0.15, -0.1) is 0 Å². The van der Waals surface area contributed by atoms with E-state index >= 15 is 0 Å². The van der Waals surface area contributed by atoms with Crippen molar-refractivity contribution in [2.45, 2.75) is 40.2 Å². The Balaban J connectivity index is 2.73. The second kappa shape index (κ2) is 6.67. The average molecular weight is 294 g/mol. The van der Waals surface area contributed by atoms with E-state index < -0.39 is 12.1 Å². The number of carbonyl (C=O) groups excluding carboxylic acids is 1. The van der Waals surface area contributed by atoms with E-state index in [2.05, 4.69) is 10.3 Å². The molecule has 0 spiro atoms. The molecule has 0 saturated heterocycles. The molecule has 21 heavy (non-hydrogen) atoms. The minimum absolute atomic E-state index is 0.0842. The number of nitrogens with one attached hydrogen (secondary N) is 1. The van der Waals surface area contributed by atoms with Gasteiger partial charge in [0.05, 0.1) is 17.4 Å². The number of hydrogen-bond donors (Lipinski definition) is 3. The number of aliphatic hydroxyl groups is 1. The Morgan fingerprint density at radius 2 is 2.00 bits per heavy atom. The lowest BCUT2D eigenvalue weighted by Gasteiger charge is -2.26. The Morgan fingerprint density at radius 3 is 2.48 bits per heavy atom. The molecule has 0 bridgehead atoms. The first-order chi connectivity index (χ1) is 9.62. The van der Waals surface area contributed by atoms with Crippen molar-refractivity contribution in [1.29, 1.82) is 0 Å². The lowest BCUT2D eigenvalue weighted by atomic mass is 9.87. The molecule has 1 heterocycles. The van der Waals surface area contributed by atoms with Crippen LogP contribution in [0.2, 0.25) is 0 Å². The topological polar surface area (TPSA) is 99.5 Å². The molecule has 0 fully saturated rings. The molecule has 1 amide bonds. The zero-order valence-corrected chi connectivity index (χ0v) is 12.8. The summed E-state index contributed by atoms with van der Waals surface area (Å²) < 4.78 is 0. The Kier molecular flexibility index (Phi) is 5.43. The molecule has 6 nitrogen and oxygen atoms in total. The van der Waals surface area contributed by atoms with Gasteiger partial charge < -0.3 is 15.5 Å². The number of aromatic carboxylic acids is 1. The number of nitrogens with zero attached hydrogens (tertiary/aromatic N) is 1. The van der Waals surface area contributed by atoms with Crippen molar-refractivity contribution in [2.75, 3.05) is 6.54 Å². The number of amides is 1. The van der Waals surface area contributed by atoms with Crippen molar-refractivity contribution >= 4 is 11.9 Å². The fourth-order valence-corrected chi connectivity index (χ4v) is 2.20. The van der Waals surface area contributed by atoms with Crippen LogP contribution in [0, 0.1) is 12.3 Å². The summed E-state index contributed by atoms with van der Waals surface area (Å²) in [6.07, 6.45) is 0.129. The molecule has 6 heteroatoms. The predicted molar refractivity (Wildman–Crippen MR) is 78.3 cm³/mol. The predicted octanol–water partition coefficient (Wildman–Crippen LogP) is 1.62. The molecule has 3 N–H and O–H groups in total. The first-order valence-electron chi connectivity index (χ1n) is 6.79. The highest BCUT2D eigenvalue weighted by Crippen LogP contribution is 2.21. The van der Waals surface area contributed by atoms with Gasteiger partial charge in [0.2, 0.25) is 0 Å². The summed E-state index contributed by atoms with van der Waals surface area (Å²) >= 11 is 0. The van der Waals surface area contributed by atoms with Gasteiger partial charge in [0.1, 0.15) is 5.69 Å². The van der Waals surface area contributed by atoms with Crippen LogP contribution in [0.15, 0.2) is 12.1 Å². The van der Waals surface area contributed by atoms with Gasteiger partial charge in [-0.2, -0.15) is 0 Å². The fraction of sp³-hybridized carbons (Fsp3) is 0.533. The molecule has 1 unspecified atom stereocenters. The van der Waals surface area contributed by atoms with E-state index in [4.69, 9.17) is 5.11 Å². The molecule has 0 aliphatic carbocycles. The summed E-state index contributed by atoms with van der Waals surface area (Å²) in [4.78, 5) is 26.9. The van der Waals surface area contributed by atoms with E-state index in [-0.39, 0.29) is 22.6 Å². The summed E-state index contributed by atoms with van der Waals surface area (Å²) in [7, 11) is 0. The number of aromatic nitrogens is 1. The van der Waals surface area contributed by atoms with E-state index in [0.717, 1.165) is 0 Å². The molecule has 1 atom stereocenters. The normalized spacial score (nSPS) is 12.8. The number of carboxylic acids is 1. The first kappa shape index (κ1) is 17.1. The molecular formula is C15H22N2O4. The summed E-state index contributed by atoms with van der Waals surface area (Å²) in [6.45, 7) is 7.56. The van der Waals surface area contributed by atoms with E-state index in [9.17, 15) is 14.7 Å². The highest BCUT2D eigenvalue weighted by atomic mass is 16.4. The van der Waals surface area contributed by atoms with Gasteiger partial charge in [-0.25, -0.2) is 9.78 Å². The average Bonchev–Trinajstić information content (AvgIpc) is 2.33. The molecule has 116 valence electrons. The van der Waals surface area contributed by atoms with Crippen molar-refractivity contribution in [3.63, 3.8) is 0 Å². The molecule has 0 aromatic carbocycles. The third kappa shape index (κ3) is 5.15. The van der Waals surface area contributed by atoms with E-state index in [1.807, 2.05) is 13.8 Å². The molecule has 1 aromatic rings. The molecule has 1 aromatic heterocycles. The monoisotopic (exact) mass is 294 g/mol.